The average molecular weight is 266 g/mol. The van der Waals surface area contributed by atoms with E-state index in [9.17, 15) is 13.6 Å². The fourth-order valence-electron chi connectivity index (χ4n) is 0.878. The lowest BCUT2D eigenvalue weighted by atomic mass is 10.3. The van der Waals surface area contributed by atoms with Gasteiger partial charge in [0.1, 0.15) is 0 Å². The highest BCUT2D eigenvalue weighted by Crippen LogP contribution is 2.29. The summed E-state index contributed by atoms with van der Waals surface area (Å²) in [6.07, 6.45) is -1.25. The van der Waals surface area contributed by atoms with Crippen molar-refractivity contribution in [3.63, 3.8) is 0 Å². The molecule has 0 atom stereocenters. The van der Waals surface area contributed by atoms with E-state index in [4.69, 9.17) is 5.11 Å². The third kappa shape index (κ3) is 1.84. The Hall–Kier alpha value is -1.17. The summed E-state index contributed by atoms with van der Waals surface area (Å²) in [5.41, 5.74) is 0.0522. The molecule has 1 rings (SSSR count). The lowest BCUT2D eigenvalue weighted by Gasteiger charge is -2.15. The molecule has 0 unspecified atom stereocenters. The van der Waals surface area contributed by atoms with Crippen molar-refractivity contribution in [2.75, 3.05) is 11.9 Å². The van der Waals surface area contributed by atoms with Crippen LogP contribution in [0, 0.1) is 11.6 Å². The summed E-state index contributed by atoms with van der Waals surface area (Å²) >= 11 is 2.78. The molecule has 1 aromatic rings. The quantitative estimate of drug-likeness (QED) is 0.794. The molecule has 1 N–H and O–H groups in total. The first-order valence-electron chi connectivity index (χ1n) is 3.55. The Balaban J connectivity index is 3.24. The van der Waals surface area contributed by atoms with Gasteiger partial charge >= 0.3 is 6.09 Å². The predicted octanol–water partition coefficient (Wildman–Crippen LogP) is 2.84. The van der Waals surface area contributed by atoms with E-state index >= 15 is 0 Å². The maximum absolute atomic E-state index is 13.0. The zero-order valence-corrected chi connectivity index (χ0v) is 8.68. The Morgan fingerprint density at radius 3 is 2.57 bits per heavy atom. The largest absolute Gasteiger partial charge is 0.465 e. The van der Waals surface area contributed by atoms with Crippen LogP contribution in [-0.4, -0.2) is 18.2 Å². The highest BCUT2D eigenvalue weighted by Gasteiger charge is 2.17. The van der Waals surface area contributed by atoms with Crippen LogP contribution >= 0.6 is 15.9 Å². The van der Waals surface area contributed by atoms with Crippen LogP contribution in [-0.2, 0) is 0 Å². The molecular weight excluding hydrogens is 260 g/mol. The van der Waals surface area contributed by atoms with Gasteiger partial charge in [-0.2, -0.15) is 0 Å². The molecule has 3 nitrogen and oxygen atoms in total. The van der Waals surface area contributed by atoms with Crippen LogP contribution in [0.2, 0.25) is 0 Å². The maximum Gasteiger partial charge on any atom is 0.411 e. The molecule has 0 bridgehead atoms. The summed E-state index contributed by atoms with van der Waals surface area (Å²) in [6.45, 7) is 0. The number of amides is 1. The van der Waals surface area contributed by atoms with E-state index in [-0.39, 0.29) is 10.2 Å². The number of carbonyl (C=O) groups is 1. The first-order chi connectivity index (χ1) is 6.45. The molecule has 0 radical (unpaired) electrons. The zero-order chi connectivity index (χ0) is 10.9. The van der Waals surface area contributed by atoms with E-state index in [0.717, 1.165) is 11.0 Å². The highest BCUT2D eigenvalue weighted by molar-refractivity contribution is 9.10. The SMILES string of the molecule is CN(C(=O)O)c1ccc(F)c(F)c1Br. The van der Waals surface area contributed by atoms with Crippen molar-refractivity contribution in [2.45, 2.75) is 0 Å². The summed E-state index contributed by atoms with van der Waals surface area (Å²) in [5, 5.41) is 8.61. The minimum Gasteiger partial charge on any atom is -0.465 e. The van der Waals surface area contributed by atoms with Crippen molar-refractivity contribution < 1.29 is 18.7 Å². The highest BCUT2D eigenvalue weighted by atomic mass is 79.9. The summed E-state index contributed by atoms with van der Waals surface area (Å²) in [6, 6.07) is 2.05. The van der Waals surface area contributed by atoms with Gasteiger partial charge in [-0.3, -0.25) is 4.90 Å². The smallest absolute Gasteiger partial charge is 0.411 e. The minimum absolute atomic E-state index is 0.0522. The fourth-order valence-corrected chi connectivity index (χ4v) is 1.47. The van der Waals surface area contributed by atoms with Gasteiger partial charge in [-0.15, -0.1) is 0 Å². The van der Waals surface area contributed by atoms with Crippen LogP contribution in [0.5, 0.6) is 0 Å². The molecule has 0 saturated heterocycles. The van der Waals surface area contributed by atoms with E-state index in [0.29, 0.717) is 0 Å². The van der Waals surface area contributed by atoms with Crippen molar-refractivity contribution >= 4 is 27.7 Å². The summed E-state index contributed by atoms with van der Waals surface area (Å²) < 4.78 is 25.4. The number of hydrogen-bond acceptors (Lipinski definition) is 1. The van der Waals surface area contributed by atoms with Crippen LogP contribution in [0.15, 0.2) is 16.6 Å². The van der Waals surface area contributed by atoms with Crippen LogP contribution in [0.4, 0.5) is 19.3 Å². The van der Waals surface area contributed by atoms with Crippen LogP contribution < -0.4 is 4.90 Å². The second-order valence-electron chi connectivity index (χ2n) is 2.54. The second-order valence-corrected chi connectivity index (χ2v) is 3.33. The number of nitrogens with zero attached hydrogens (tertiary/aromatic N) is 1. The summed E-state index contributed by atoms with van der Waals surface area (Å²) in [5.74, 6) is -2.13. The van der Waals surface area contributed by atoms with Crippen LogP contribution in [0.25, 0.3) is 0 Å². The minimum atomic E-state index is -1.25. The van der Waals surface area contributed by atoms with Gasteiger partial charge in [-0.05, 0) is 28.1 Å². The average Bonchev–Trinajstić information content (AvgIpc) is 2.13. The molecule has 0 heterocycles. The molecule has 0 spiro atoms. The molecule has 0 aromatic heterocycles. The molecule has 0 saturated carbocycles. The topological polar surface area (TPSA) is 40.5 Å². The standard InChI is InChI=1S/C8H6BrF2NO2/c1-12(8(13)14)5-3-2-4(10)7(11)6(5)9/h2-3H,1H3,(H,13,14). The van der Waals surface area contributed by atoms with E-state index in [1.54, 1.807) is 0 Å². The zero-order valence-electron chi connectivity index (χ0n) is 7.09. The first-order valence-corrected chi connectivity index (χ1v) is 4.34. The maximum atomic E-state index is 13.0. The third-order valence-electron chi connectivity index (χ3n) is 1.66. The molecule has 14 heavy (non-hydrogen) atoms. The van der Waals surface area contributed by atoms with Gasteiger partial charge in [-0.25, -0.2) is 13.6 Å². The van der Waals surface area contributed by atoms with Crippen molar-refractivity contribution in [3.8, 4) is 0 Å². The molecule has 6 heteroatoms. The number of rotatable bonds is 1. The Morgan fingerprint density at radius 2 is 2.07 bits per heavy atom. The Bertz CT molecular complexity index is 384. The molecular formula is C8H6BrF2NO2. The molecule has 0 aliphatic carbocycles. The summed E-state index contributed by atoms with van der Waals surface area (Å²) in [4.78, 5) is 11.3. The van der Waals surface area contributed by atoms with E-state index in [1.165, 1.54) is 13.1 Å². The summed E-state index contributed by atoms with van der Waals surface area (Å²) in [7, 11) is 1.24. The third-order valence-corrected chi connectivity index (χ3v) is 2.42. The van der Waals surface area contributed by atoms with Crippen molar-refractivity contribution in [3.05, 3.63) is 28.2 Å². The Morgan fingerprint density at radius 1 is 1.50 bits per heavy atom. The lowest BCUT2D eigenvalue weighted by Crippen LogP contribution is -2.24. The lowest BCUT2D eigenvalue weighted by molar-refractivity contribution is 0.203. The van der Waals surface area contributed by atoms with Gasteiger partial charge in [0.2, 0.25) is 0 Å². The van der Waals surface area contributed by atoms with Crippen molar-refractivity contribution in [1.82, 2.24) is 0 Å². The van der Waals surface area contributed by atoms with E-state index < -0.39 is 17.7 Å². The number of carboxylic acid groups (broad SMARTS) is 1. The molecule has 1 aromatic carbocycles. The van der Waals surface area contributed by atoms with Crippen molar-refractivity contribution in [2.24, 2.45) is 0 Å². The predicted molar refractivity (Wildman–Crippen MR) is 50.5 cm³/mol. The van der Waals surface area contributed by atoms with Gasteiger partial charge in [0.25, 0.3) is 0 Å². The van der Waals surface area contributed by atoms with Crippen LogP contribution in [0.1, 0.15) is 0 Å². The number of anilines is 1. The molecule has 1 amide bonds. The number of halogens is 3. The van der Waals surface area contributed by atoms with Crippen molar-refractivity contribution in [1.29, 1.82) is 0 Å². The fraction of sp³-hybridized carbons (Fsp3) is 0.125. The monoisotopic (exact) mass is 265 g/mol. The number of hydrogen-bond donors (Lipinski definition) is 1. The van der Waals surface area contributed by atoms with Gasteiger partial charge in [-0.1, -0.05) is 0 Å². The van der Waals surface area contributed by atoms with Crippen LogP contribution in [0.3, 0.4) is 0 Å². The normalized spacial score (nSPS) is 10.0. The van der Waals surface area contributed by atoms with Gasteiger partial charge in [0.05, 0.1) is 10.2 Å². The Labute approximate surface area is 87.1 Å². The first kappa shape index (κ1) is 10.9. The molecule has 0 aliphatic rings. The second kappa shape index (κ2) is 3.91. The number of benzene rings is 1. The van der Waals surface area contributed by atoms with Gasteiger partial charge < -0.3 is 5.11 Å². The molecule has 0 aliphatic heterocycles. The molecule has 76 valence electrons. The van der Waals surface area contributed by atoms with E-state index in [2.05, 4.69) is 15.9 Å². The van der Waals surface area contributed by atoms with Gasteiger partial charge in [0, 0.05) is 7.05 Å². The molecule has 0 fully saturated rings. The Kier molecular flexibility index (Phi) is 3.05. The van der Waals surface area contributed by atoms with E-state index in [1.807, 2.05) is 0 Å². The van der Waals surface area contributed by atoms with Gasteiger partial charge in [0.15, 0.2) is 11.6 Å².